The van der Waals surface area contributed by atoms with E-state index in [2.05, 4.69) is 117 Å². The van der Waals surface area contributed by atoms with Crippen LogP contribution in [0.1, 0.15) is 83.3 Å². The Bertz CT molecular complexity index is 3610. The first-order valence-corrected chi connectivity index (χ1v) is 35.3. The quantitative estimate of drug-likeness (QED) is 0.0481. The predicted molar refractivity (Wildman–Crippen MR) is 427 cm³/mol. The second-order valence-corrected chi connectivity index (χ2v) is 23.6. The molecule has 0 aromatic heterocycles. The van der Waals surface area contributed by atoms with Crippen LogP contribution in [-0.2, 0) is 51.3 Å². The Labute approximate surface area is 630 Å². The van der Waals surface area contributed by atoms with Gasteiger partial charge in [-0.05, 0) is 154 Å². The molecule has 0 aliphatic carbocycles. The molecule has 10 radical (unpaired) electrons. The normalized spacial score (nSPS) is 9.96. The van der Waals surface area contributed by atoms with Crippen LogP contribution in [-0.4, -0.2) is 84.6 Å². The second kappa shape index (κ2) is 54.2. The number of rotatable bonds is 18. The molecule has 12 nitrogen and oxygen atoms in total. The van der Waals surface area contributed by atoms with Gasteiger partial charge in [0.25, 0.3) is 0 Å². The topological polar surface area (TPSA) is 127 Å². The fourth-order valence-corrected chi connectivity index (χ4v) is 8.52. The smallest absolute Gasteiger partial charge is 0.236 e. The number of benzene rings is 10. The van der Waals surface area contributed by atoms with E-state index < -0.39 is 0 Å². The van der Waals surface area contributed by atoms with Crippen molar-refractivity contribution in [2.24, 2.45) is 26.6 Å². The fourth-order valence-electron chi connectivity index (χ4n) is 7.57. The first-order valence-electron chi connectivity index (χ1n) is 32.4. The standard InChI is InChI=1S/2C15H15BN2.2C15H15N2.2C7H7N.2C4H10O.2B.2Ta/c2*1-12-3-7-14(8-4-12)17-11-18(16)15-9-5-13(2)6-10-15;2*1-12-3-7-14(8-4-12)16-11-17-15-9-5-13(2)6-10-15;2*1-6-2-4-7(8)5-3-6;2*1-3-5-4-2;;;;/h2*3-11H,1-2H3;2*3-11H,1-2H3;2*2-5H,1H3;2*3-4H2,1-2H3;;;;/q;;2*-1;;;;;;;;. The van der Waals surface area contributed by atoms with Gasteiger partial charge in [-0.25, -0.2) is 9.98 Å². The summed E-state index contributed by atoms with van der Waals surface area (Å²) < 4.78 is 17.9. The van der Waals surface area contributed by atoms with E-state index in [-0.39, 0.29) is 16.8 Å². The van der Waals surface area contributed by atoms with Crippen molar-refractivity contribution in [3.63, 3.8) is 0 Å². The molecule has 0 fully saturated rings. The molecule has 0 spiro atoms. The molecule has 0 heterocycles. The van der Waals surface area contributed by atoms with Gasteiger partial charge in [0.2, 0.25) is 16.0 Å². The molecule has 18 heteroatoms. The van der Waals surface area contributed by atoms with Crippen molar-refractivity contribution in [1.82, 2.24) is 0 Å². The molecule has 10 rings (SSSR count). The van der Waals surface area contributed by atoms with Crippen molar-refractivity contribution in [3.8, 4) is 0 Å². The summed E-state index contributed by atoms with van der Waals surface area (Å²) in [5.41, 5.74) is 21.9. The van der Waals surface area contributed by atoms with Gasteiger partial charge in [-0.15, -0.1) is 0 Å². The molecule has 0 amide bonds. The molecule has 0 aliphatic heterocycles. The van der Waals surface area contributed by atoms with Crippen molar-refractivity contribution < 1.29 is 51.3 Å². The summed E-state index contributed by atoms with van der Waals surface area (Å²) in [6.45, 7) is 31.9. The summed E-state index contributed by atoms with van der Waals surface area (Å²) in [5, 5.41) is 8.55. The molecular formula is C82H94B4N10O2Ta2-2. The summed E-state index contributed by atoms with van der Waals surface area (Å²) >= 11 is 2.16. The Morgan fingerprint density at radius 2 is 0.470 bits per heavy atom. The van der Waals surface area contributed by atoms with E-state index in [0.717, 1.165) is 125 Å². The monoisotopic (exact) mass is 1660 g/mol. The molecule has 0 bridgehead atoms. The molecule has 0 aliphatic rings. The Balaban J connectivity index is 0.000000590. The molecule has 0 saturated heterocycles. The van der Waals surface area contributed by atoms with Crippen LogP contribution in [0.4, 0.5) is 56.9 Å². The van der Waals surface area contributed by atoms with E-state index in [4.69, 9.17) is 25.4 Å². The van der Waals surface area contributed by atoms with Gasteiger partial charge in [0.1, 0.15) is 0 Å². The van der Waals surface area contributed by atoms with Crippen LogP contribution in [0.15, 0.2) is 269 Å². The van der Waals surface area contributed by atoms with Crippen LogP contribution in [0.3, 0.4) is 0 Å². The third-order valence-corrected chi connectivity index (χ3v) is 15.1. The number of hydrogen-bond donors (Lipinski definition) is 0. The van der Waals surface area contributed by atoms with Crippen molar-refractivity contribution in [2.45, 2.75) is 96.9 Å². The van der Waals surface area contributed by atoms with E-state index >= 15 is 0 Å². The summed E-state index contributed by atoms with van der Waals surface area (Å²) in [4.78, 5) is 20.2. The Morgan fingerprint density at radius 3 is 0.660 bits per heavy atom. The average molecular weight is 1660 g/mol. The van der Waals surface area contributed by atoms with Crippen LogP contribution in [0.25, 0.3) is 10.6 Å². The molecular weight excluding hydrogens is 1560 g/mol. The number of hydrogen-bond acceptors (Lipinski definition) is 8. The van der Waals surface area contributed by atoms with Crippen LogP contribution in [0.2, 0.25) is 0 Å². The van der Waals surface area contributed by atoms with Gasteiger partial charge in [0.05, 0.1) is 24.1 Å². The first-order chi connectivity index (χ1) is 47.2. The second-order valence-electron chi connectivity index (χ2n) is 22.2. The minimum atomic E-state index is 0. The number of nitrogens with zero attached hydrogens (tertiary/aromatic N) is 10. The summed E-state index contributed by atoms with van der Waals surface area (Å²) in [7, 11) is 11.8. The zero-order chi connectivity index (χ0) is 71.7. The molecule has 0 unspecified atom stereocenters. The minimum absolute atomic E-state index is 0. The van der Waals surface area contributed by atoms with Gasteiger partial charge in [0.15, 0.2) is 0 Å². The van der Waals surface area contributed by atoms with Crippen LogP contribution >= 0.6 is 0 Å². The summed E-state index contributed by atoms with van der Waals surface area (Å²) in [5.74, 6) is 0. The maximum absolute atomic E-state index is 5.91. The Kier molecular flexibility index (Phi) is 48.4. The van der Waals surface area contributed by atoms with Gasteiger partial charge in [-0.3, -0.25) is 0 Å². The van der Waals surface area contributed by atoms with E-state index in [0.29, 0.717) is 0 Å². The zero-order valence-electron chi connectivity index (χ0n) is 60.7. The number of anilines is 2. The van der Waals surface area contributed by atoms with Crippen LogP contribution in [0, 0.1) is 69.2 Å². The number of ether oxygens (including phenoxy) is 2. The Hall–Kier alpha value is -8.66. The summed E-state index contributed by atoms with van der Waals surface area (Å²) in [6.07, 6.45) is 6.43. The third kappa shape index (κ3) is 41.7. The maximum Gasteiger partial charge on any atom is 0.236 e. The van der Waals surface area contributed by atoms with E-state index in [1.807, 2.05) is 260 Å². The molecule has 100 heavy (non-hydrogen) atoms. The first kappa shape index (κ1) is 89.4. The zero-order valence-corrected chi connectivity index (χ0v) is 67.2. The molecule has 0 atom stereocenters. The molecule has 0 saturated carbocycles. The van der Waals surface area contributed by atoms with Gasteiger partial charge < -0.3 is 39.7 Å². The molecule has 10 aromatic rings. The number of aryl methyl sites for hydroxylation is 10. The van der Waals surface area contributed by atoms with Crippen LogP contribution < -0.4 is 9.62 Å². The molecule has 508 valence electrons. The van der Waals surface area contributed by atoms with Gasteiger partial charge in [0, 0.05) is 54.6 Å². The fraction of sp³-hybridized carbons (Fsp3) is 0.220. The molecule has 0 N–H and O–H groups in total. The predicted octanol–water partition coefficient (Wildman–Crippen LogP) is 22.5. The number of aliphatic imine (C=N–C) groups is 4. The largest absolute Gasteiger partial charge is 0.389 e. The van der Waals surface area contributed by atoms with Gasteiger partial charge in [-0.2, -0.15) is 0 Å². The van der Waals surface area contributed by atoms with Crippen LogP contribution in [0.5, 0.6) is 0 Å². The van der Waals surface area contributed by atoms with Crippen molar-refractivity contribution in [3.05, 3.63) is 309 Å². The van der Waals surface area contributed by atoms with Gasteiger partial charge >= 0.3 is 133 Å². The SMILES string of the molecule is CCOCC.CCOCC.Cc1ccc(N=C[N-]c2ccc(C)cc2)cc1.Cc1ccc(N=C[N-]c2ccc(C)cc2)cc1.Cc1ccc([N]=[Ta])cc1.Cc1ccc([N]=[Ta])cc1.[B].[B].[B]N(C=Nc1ccc(C)cc1)c1ccc(C)cc1.[B]N(C=Nc1ccc(C)cc1)c1ccc(C)cc1. The van der Waals surface area contributed by atoms with Crippen molar-refractivity contribution in [2.75, 3.05) is 36.0 Å². The van der Waals surface area contributed by atoms with E-state index in [1.165, 1.54) is 65.3 Å². The molecule has 10 aromatic carbocycles. The maximum atomic E-state index is 5.91. The van der Waals surface area contributed by atoms with Gasteiger partial charge in [-0.1, -0.05) is 203 Å². The van der Waals surface area contributed by atoms with E-state index in [1.54, 1.807) is 25.4 Å². The average Bonchev–Trinajstić information content (AvgIpc) is 1.19. The third-order valence-electron chi connectivity index (χ3n) is 13.5. The van der Waals surface area contributed by atoms with Crippen molar-refractivity contribution in [1.29, 1.82) is 0 Å². The Morgan fingerprint density at radius 1 is 0.290 bits per heavy atom. The van der Waals surface area contributed by atoms with Crippen molar-refractivity contribution >= 4 is 115 Å². The summed E-state index contributed by atoms with van der Waals surface area (Å²) in [6, 6.07) is 80.6. The minimum Gasteiger partial charge on any atom is -0.389 e. The van der Waals surface area contributed by atoms with E-state index in [9.17, 15) is 0 Å².